The number of rotatable bonds is 5. The Hall–Kier alpha value is -3.62. The van der Waals surface area contributed by atoms with Crippen LogP contribution in [-0.2, 0) is 6.61 Å². The minimum Gasteiger partial charge on any atom is -0.412 e. The van der Waals surface area contributed by atoms with Gasteiger partial charge in [0.15, 0.2) is 11.1 Å². The third kappa shape index (κ3) is 7.71. The summed E-state index contributed by atoms with van der Waals surface area (Å²) in [6.45, 7) is 14.1. The molecule has 5 N–H and O–H groups in total. The topological polar surface area (TPSA) is 87.7 Å². The second kappa shape index (κ2) is 18.9. The van der Waals surface area contributed by atoms with E-state index in [0.29, 0.717) is 22.5 Å². The molecule has 6 aromatic rings. The number of aryl methyl sites for hydroxylation is 1. The zero-order valence-electron chi connectivity index (χ0n) is 27.1. The third-order valence-electron chi connectivity index (χ3n) is 6.92. The third-order valence-corrected chi connectivity index (χ3v) is 7.62. The lowest BCUT2D eigenvalue weighted by Crippen LogP contribution is -1.97. The van der Waals surface area contributed by atoms with Crippen LogP contribution in [0.3, 0.4) is 0 Å². The summed E-state index contributed by atoms with van der Waals surface area (Å²) in [5, 5.41) is 21.8. The van der Waals surface area contributed by atoms with E-state index in [0.717, 1.165) is 38.2 Å². The molecule has 0 aliphatic heterocycles. The van der Waals surface area contributed by atoms with Crippen LogP contribution in [0.15, 0.2) is 91.0 Å². The Bertz CT molecular complexity index is 1720. The van der Waals surface area contributed by atoms with Crippen molar-refractivity contribution in [3.05, 3.63) is 102 Å². The Morgan fingerprint density at radius 2 is 1.11 bits per heavy atom. The first-order chi connectivity index (χ1) is 21.6. The fourth-order valence-corrected chi connectivity index (χ4v) is 5.78. The van der Waals surface area contributed by atoms with Gasteiger partial charge in [-0.05, 0) is 40.3 Å². The van der Waals surface area contributed by atoms with E-state index in [9.17, 15) is 5.11 Å². The molecule has 0 fully saturated rings. The van der Waals surface area contributed by atoms with Gasteiger partial charge in [-0.2, -0.15) is 0 Å². The number of benzene rings is 6. The molecule has 0 atom stereocenters. The van der Waals surface area contributed by atoms with Crippen LogP contribution in [0.1, 0.15) is 52.7 Å². The number of aliphatic hydroxyl groups excluding tert-OH is 1. The SMILES string of the molecule is CC.CC.CC.CNc1c2ccccc2c(C)c2ccccc12.Nc1c2ccccc2c(CO)c2c(OSSO)cccc12. The molecule has 0 saturated heterocycles. The number of nitrogens with two attached hydrogens (primary N) is 1. The zero-order valence-corrected chi connectivity index (χ0v) is 28.7. The summed E-state index contributed by atoms with van der Waals surface area (Å²) in [5.74, 6) is 0.570. The zero-order chi connectivity index (χ0) is 32.6. The summed E-state index contributed by atoms with van der Waals surface area (Å²) >= 11 is 1.38. The van der Waals surface area contributed by atoms with Crippen molar-refractivity contribution in [3.8, 4) is 5.75 Å². The molecule has 0 radical (unpaired) electrons. The molecular weight excluding hydrogens is 585 g/mol. The standard InChI is InChI=1S/C16H15N.C15H13NO3S2.3C2H6/c1-11-12-7-3-5-9-14(12)16(17-2)15-10-6-4-8-13(11)15;16-15-10-5-2-1-4-9(10)12(8-17)14-11(15)6-3-7-13(14)19-21-20-18;3*1-2/h3-10,17H,1-2H3;1-7,17-18H,8,16H2;3*1-2H3. The Kier molecular flexibility index (Phi) is 15.7. The molecule has 5 nitrogen and oxygen atoms in total. The molecule has 0 aliphatic carbocycles. The lowest BCUT2D eigenvalue weighted by Gasteiger charge is -2.15. The molecule has 0 saturated carbocycles. The Balaban J connectivity index is 0.000000266. The predicted octanol–water partition coefficient (Wildman–Crippen LogP) is 11.6. The number of nitrogen functional groups attached to an aromatic ring is 1. The first-order valence-corrected chi connectivity index (χ1v) is 17.2. The Labute approximate surface area is 270 Å². The van der Waals surface area contributed by atoms with Gasteiger partial charge < -0.3 is 24.9 Å². The van der Waals surface area contributed by atoms with Crippen molar-refractivity contribution in [2.24, 2.45) is 0 Å². The van der Waals surface area contributed by atoms with Crippen molar-refractivity contribution in [1.82, 2.24) is 0 Å². The van der Waals surface area contributed by atoms with Crippen LogP contribution in [-0.4, -0.2) is 16.7 Å². The monoisotopic (exact) mass is 630 g/mol. The first-order valence-electron chi connectivity index (χ1n) is 15.2. The van der Waals surface area contributed by atoms with Gasteiger partial charge in [0.1, 0.15) is 16.8 Å². The van der Waals surface area contributed by atoms with Crippen LogP contribution in [0.4, 0.5) is 11.4 Å². The number of hydrogen-bond acceptors (Lipinski definition) is 7. The summed E-state index contributed by atoms with van der Waals surface area (Å²) in [7, 11) is 1.99. The second-order valence-corrected chi connectivity index (χ2v) is 10.1. The summed E-state index contributed by atoms with van der Waals surface area (Å²) in [5.41, 5.74) is 10.3. The number of nitrogens with one attached hydrogen (secondary N) is 1. The van der Waals surface area contributed by atoms with E-state index in [1.165, 1.54) is 32.8 Å². The van der Waals surface area contributed by atoms with E-state index in [4.69, 9.17) is 14.5 Å². The highest BCUT2D eigenvalue weighted by Gasteiger charge is 2.15. The molecular formula is C37H46N2O3S2. The van der Waals surface area contributed by atoms with E-state index in [1.807, 2.05) is 85.0 Å². The van der Waals surface area contributed by atoms with Crippen LogP contribution in [0.5, 0.6) is 5.75 Å². The fourth-order valence-electron chi connectivity index (χ4n) is 5.23. The van der Waals surface area contributed by atoms with Crippen LogP contribution in [0.2, 0.25) is 0 Å². The summed E-state index contributed by atoms with van der Waals surface area (Å²) in [6.07, 6.45) is 0. The Morgan fingerprint density at radius 1 is 0.659 bits per heavy atom. The van der Waals surface area contributed by atoms with Gasteiger partial charge in [-0.15, -0.1) is 0 Å². The lowest BCUT2D eigenvalue weighted by molar-refractivity contribution is 0.284. The molecule has 234 valence electrons. The molecule has 44 heavy (non-hydrogen) atoms. The van der Waals surface area contributed by atoms with Crippen LogP contribution in [0, 0.1) is 6.92 Å². The van der Waals surface area contributed by atoms with Crippen molar-refractivity contribution in [2.75, 3.05) is 18.1 Å². The number of hydrogen-bond donors (Lipinski definition) is 4. The van der Waals surface area contributed by atoms with Crippen LogP contribution >= 0.6 is 22.1 Å². The van der Waals surface area contributed by atoms with Gasteiger partial charge in [-0.1, -0.05) is 126 Å². The highest BCUT2D eigenvalue weighted by molar-refractivity contribution is 8.72. The molecule has 0 aromatic heterocycles. The van der Waals surface area contributed by atoms with E-state index in [-0.39, 0.29) is 6.61 Å². The maximum Gasteiger partial charge on any atom is 0.156 e. The van der Waals surface area contributed by atoms with Crippen LogP contribution < -0.4 is 15.2 Å². The summed E-state index contributed by atoms with van der Waals surface area (Å²) in [4.78, 5) is 0. The molecule has 7 heteroatoms. The summed E-state index contributed by atoms with van der Waals surface area (Å²) < 4.78 is 14.3. The maximum atomic E-state index is 9.82. The molecule has 0 unspecified atom stereocenters. The normalized spacial score (nSPS) is 9.95. The van der Waals surface area contributed by atoms with E-state index < -0.39 is 0 Å². The summed E-state index contributed by atoms with van der Waals surface area (Å²) in [6, 6.07) is 30.4. The van der Waals surface area contributed by atoms with E-state index in [1.54, 1.807) is 6.07 Å². The number of aliphatic hydroxyl groups is 1. The predicted molar refractivity (Wildman–Crippen MR) is 200 cm³/mol. The van der Waals surface area contributed by atoms with E-state index >= 15 is 0 Å². The smallest absolute Gasteiger partial charge is 0.156 e. The van der Waals surface area contributed by atoms with Gasteiger partial charge in [0.2, 0.25) is 0 Å². The average molecular weight is 631 g/mol. The molecule has 0 bridgehead atoms. The minimum atomic E-state index is -0.116. The van der Waals surface area contributed by atoms with Crippen molar-refractivity contribution in [3.63, 3.8) is 0 Å². The fraction of sp³-hybridized carbons (Fsp3) is 0.243. The van der Waals surface area contributed by atoms with Gasteiger partial charge in [-0.25, -0.2) is 0 Å². The van der Waals surface area contributed by atoms with Gasteiger partial charge in [0.25, 0.3) is 0 Å². The van der Waals surface area contributed by atoms with Gasteiger partial charge in [0.05, 0.1) is 6.61 Å². The minimum absolute atomic E-state index is 0.116. The van der Waals surface area contributed by atoms with Gasteiger partial charge in [-0.3, -0.25) is 0 Å². The largest absolute Gasteiger partial charge is 0.412 e. The van der Waals surface area contributed by atoms with Crippen molar-refractivity contribution < 1.29 is 13.8 Å². The van der Waals surface area contributed by atoms with Crippen molar-refractivity contribution >= 4 is 76.6 Å². The molecule has 0 spiro atoms. The molecule has 0 heterocycles. The van der Waals surface area contributed by atoms with Crippen LogP contribution in [0.25, 0.3) is 43.1 Å². The van der Waals surface area contributed by atoms with Crippen molar-refractivity contribution in [2.45, 2.75) is 55.1 Å². The van der Waals surface area contributed by atoms with Crippen molar-refractivity contribution in [1.29, 1.82) is 0 Å². The molecule has 6 aromatic carbocycles. The number of fused-ring (bicyclic) bond motifs is 4. The van der Waals surface area contributed by atoms with Gasteiger partial charge >= 0.3 is 0 Å². The lowest BCUT2D eigenvalue weighted by atomic mass is 9.95. The number of anilines is 2. The molecule has 6 rings (SSSR count). The highest BCUT2D eigenvalue weighted by atomic mass is 33.1. The second-order valence-electron chi connectivity index (χ2n) is 8.84. The average Bonchev–Trinajstić information content (AvgIpc) is 3.11. The van der Waals surface area contributed by atoms with Gasteiger partial charge in [0, 0.05) is 45.4 Å². The van der Waals surface area contributed by atoms with E-state index in [2.05, 4.69) is 60.8 Å². The highest BCUT2D eigenvalue weighted by Crippen LogP contribution is 2.41. The quantitative estimate of drug-likeness (QED) is 0.0652. The first kappa shape index (κ1) is 36.6. The molecule has 0 aliphatic rings. The maximum absolute atomic E-state index is 9.82. The Morgan fingerprint density at radius 3 is 1.59 bits per heavy atom. The molecule has 0 amide bonds.